The fourth-order valence-corrected chi connectivity index (χ4v) is 10.9. The lowest BCUT2D eigenvalue weighted by atomic mass is 9.41. The molecular weight excluding hydrogens is 424 g/mol. The van der Waals surface area contributed by atoms with Crippen LogP contribution in [0.1, 0.15) is 106 Å². The predicted octanol–water partition coefficient (Wildman–Crippen LogP) is 6.20. The minimum atomic E-state index is -1.05. The van der Waals surface area contributed by atoms with Crippen molar-refractivity contribution in [3.8, 4) is 0 Å². The first-order chi connectivity index (χ1) is 15.7. The molecular formula is C30H48O4. The second-order valence-corrected chi connectivity index (χ2v) is 14.7. The summed E-state index contributed by atoms with van der Waals surface area (Å²) in [7, 11) is 0. The lowest BCUT2D eigenvalue weighted by molar-refractivity contribution is -0.199. The molecule has 0 aliphatic heterocycles. The second-order valence-electron chi connectivity index (χ2n) is 14.7. The molecule has 10 atom stereocenters. The van der Waals surface area contributed by atoms with Gasteiger partial charge in [-0.2, -0.15) is 0 Å². The third-order valence-corrected chi connectivity index (χ3v) is 13.0. The van der Waals surface area contributed by atoms with E-state index in [0.29, 0.717) is 24.2 Å². The van der Waals surface area contributed by atoms with E-state index in [1.165, 1.54) is 6.42 Å². The van der Waals surface area contributed by atoms with Crippen molar-refractivity contribution in [3.05, 3.63) is 11.6 Å². The van der Waals surface area contributed by atoms with Gasteiger partial charge in [0.1, 0.15) is 0 Å². The van der Waals surface area contributed by atoms with Crippen molar-refractivity contribution >= 4 is 5.97 Å². The van der Waals surface area contributed by atoms with E-state index in [1.807, 2.05) is 6.92 Å². The van der Waals surface area contributed by atoms with Gasteiger partial charge >= 0.3 is 5.97 Å². The number of carboxylic acids is 1. The summed E-state index contributed by atoms with van der Waals surface area (Å²) in [6, 6.07) is 0. The minimum absolute atomic E-state index is 0.0283. The smallest absolute Gasteiger partial charge is 0.312 e. The van der Waals surface area contributed by atoms with Crippen LogP contribution in [0.2, 0.25) is 0 Å². The van der Waals surface area contributed by atoms with Gasteiger partial charge < -0.3 is 15.3 Å². The number of allylic oxidation sites excluding steroid dienone is 2. The number of aliphatic hydroxyl groups excluding tert-OH is 2. The number of aliphatic hydroxyl groups is 2. The van der Waals surface area contributed by atoms with Crippen molar-refractivity contribution in [3.63, 3.8) is 0 Å². The number of aliphatic carboxylic acids is 1. The molecule has 3 N–H and O–H groups in total. The average molecular weight is 473 g/mol. The highest BCUT2D eigenvalue weighted by Crippen LogP contribution is 2.70. The number of hydrogen-bond donors (Lipinski definition) is 3. The van der Waals surface area contributed by atoms with Crippen molar-refractivity contribution in [2.75, 3.05) is 0 Å². The van der Waals surface area contributed by atoms with Crippen LogP contribution in [0.5, 0.6) is 0 Å². The molecule has 0 amide bonds. The number of carbonyl (C=O) groups is 1. The number of fused-ring (bicyclic) bond motifs is 6. The maximum absolute atomic E-state index is 12.5. The van der Waals surface area contributed by atoms with Crippen LogP contribution in [-0.2, 0) is 4.79 Å². The summed E-state index contributed by atoms with van der Waals surface area (Å²) in [4.78, 5) is 12.5. The standard InChI is InChI=1S/C30H48O4/c1-26(2)20-9-7-18-17-27(3)14-11-22-29(5,16-13-24(32)30(22,6)25(33)34)21(27)10-8-19(18)28(20,4)15-12-23(26)31/h7,19-24,31-32H,8-17H2,1-6H3,(H,33,34)/t19?,20?,21?,22?,23?,24?,27-,28+,29+,30+/m0/s1. The van der Waals surface area contributed by atoms with Crippen LogP contribution in [0.3, 0.4) is 0 Å². The summed E-state index contributed by atoms with van der Waals surface area (Å²) in [5.74, 6) is 0.778. The van der Waals surface area contributed by atoms with E-state index < -0.39 is 17.5 Å². The Hall–Kier alpha value is -0.870. The Labute approximate surface area is 206 Å². The molecule has 192 valence electrons. The first-order valence-electron chi connectivity index (χ1n) is 14.0. The summed E-state index contributed by atoms with van der Waals surface area (Å²) >= 11 is 0. The maximum atomic E-state index is 12.5. The van der Waals surface area contributed by atoms with Gasteiger partial charge in [0, 0.05) is 0 Å². The van der Waals surface area contributed by atoms with E-state index in [-0.39, 0.29) is 33.7 Å². The molecule has 5 aliphatic rings. The summed E-state index contributed by atoms with van der Waals surface area (Å²) in [5, 5.41) is 32.0. The fraction of sp³-hybridized carbons (Fsp3) is 0.900. The van der Waals surface area contributed by atoms with Gasteiger partial charge in [0.05, 0.1) is 17.6 Å². The van der Waals surface area contributed by atoms with Gasteiger partial charge in [-0.15, -0.1) is 0 Å². The molecule has 5 aliphatic carbocycles. The lowest BCUT2D eigenvalue weighted by Crippen LogP contribution is -2.61. The van der Waals surface area contributed by atoms with Crippen LogP contribution < -0.4 is 0 Å². The van der Waals surface area contributed by atoms with Crippen molar-refractivity contribution in [2.45, 2.75) is 118 Å². The minimum Gasteiger partial charge on any atom is -0.481 e. The zero-order valence-corrected chi connectivity index (χ0v) is 22.4. The summed E-state index contributed by atoms with van der Waals surface area (Å²) in [6.45, 7) is 13.8. The third kappa shape index (κ3) is 3.06. The van der Waals surface area contributed by atoms with Crippen LogP contribution in [0, 0.1) is 50.7 Å². The van der Waals surface area contributed by atoms with E-state index in [4.69, 9.17) is 0 Å². The van der Waals surface area contributed by atoms with Crippen LogP contribution in [-0.4, -0.2) is 33.5 Å². The molecule has 4 heteroatoms. The van der Waals surface area contributed by atoms with Crippen LogP contribution in [0.25, 0.3) is 0 Å². The molecule has 0 spiro atoms. The van der Waals surface area contributed by atoms with E-state index in [9.17, 15) is 20.1 Å². The SMILES string of the molecule is CC1(C)C(O)CC[C@]2(C)C3CCC4[C@@](C)(CCC5[C@]4(C)CCC(O)[C@]5(C)C(=O)O)CC3=CCC12. The Morgan fingerprint density at radius 3 is 2.12 bits per heavy atom. The molecule has 4 fully saturated rings. The highest BCUT2D eigenvalue weighted by atomic mass is 16.4. The van der Waals surface area contributed by atoms with Gasteiger partial charge in [-0.1, -0.05) is 46.3 Å². The Morgan fingerprint density at radius 2 is 1.44 bits per heavy atom. The van der Waals surface area contributed by atoms with E-state index in [1.54, 1.807) is 5.57 Å². The Bertz CT molecular complexity index is 892. The van der Waals surface area contributed by atoms with Crippen molar-refractivity contribution in [2.24, 2.45) is 50.7 Å². The summed E-state index contributed by atoms with van der Waals surface area (Å²) < 4.78 is 0. The zero-order chi connectivity index (χ0) is 24.9. The lowest BCUT2D eigenvalue weighted by Gasteiger charge is -2.63. The molecule has 0 heterocycles. The molecule has 0 aromatic heterocycles. The molecule has 4 nitrogen and oxygen atoms in total. The van der Waals surface area contributed by atoms with Crippen LogP contribution in [0.15, 0.2) is 11.6 Å². The molecule has 0 saturated heterocycles. The predicted molar refractivity (Wildman–Crippen MR) is 134 cm³/mol. The number of hydrogen-bond acceptors (Lipinski definition) is 3. The number of rotatable bonds is 1. The fourth-order valence-electron chi connectivity index (χ4n) is 10.9. The highest BCUT2D eigenvalue weighted by Gasteiger charge is 2.65. The first kappa shape index (κ1) is 24.8. The highest BCUT2D eigenvalue weighted by molar-refractivity contribution is 5.76. The molecule has 0 aromatic rings. The summed E-state index contributed by atoms with van der Waals surface area (Å²) in [5.41, 5.74) is 0.936. The molecule has 5 rings (SSSR count). The average Bonchev–Trinajstić information content (AvgIpc) is 2.91. The molecule has 6 unspecified atom stereocenters. The normalized spacial score (nSPS) is 54.4. The van der Waals surface area contributed by atoms with Crippen LogP contribution >= 0.6 is 0 Å². The van der Waals surface area contributed by atoms with E-state index in [2.05, 4.69) is 40.7 Å². The summed E-state index contributed by atoms with van der Waals surface area (Å²) in [6.07, 6.45) is 11.7. The molecule has 0 aromatic carbocycles. The van der Waals surface area contributed by atoms with Crippen LogP contribution in [0.4, 0.5) is 0 Å². The van der Waals surface area contributed by atoms with E-state index in [0.717, 1.165) is 51.4 Å². The quantitative estimate of drug-likeness (QED) is 0.397. The largest absolute Gasteiger partial charge is 0.481 e. The van der Waals surface area contributed by atoms with Gasteiger partial charge in [0.2, 0.25) is 0 Å². The van der Waals surface area contributed by atoms with Gasteiger partial charge in [0.25, 0.3) is 0 Å². The molecule has 34 heavy (non-hydrogen) atoms. The second kappa shape index (κ2) is 7.57. The van der Waals surface area contributed by atoms with Crippen molar-refractivity contribution in [1.82, 2.24) is 0 Å². The van der Waals surface area contributed by atoms with E-state index >= 15 is 0 Å². The Kier molecular flexibility index (Phi) is 5.52. The topological polar surface area (TPSA) is 77.8 Å². The Morgan fingerprint density at radius 1 is 0.794 bits per heavy atom. The maximum Gasteiger partial charge on any atom is 0.312 e. The van der Waals surface area contributed by atoms with Crippen molar-refractivity contribution < 1.29 is 20.1 Å². The molecule has 0 bridgehead atoms. The number of carboxylic acid groups (broad SMARTS) is 1. The zero-order valence-electron chi connectivity index (χ0n) is 22.4. The monoisotopic (exact) mass is 472 g/mol. The Balaban J connectivity index is 1.51. The molecule has 4 saturated carbocycles. The van der Waals surface area contributed by atoms with Gasteiger partial charge in [-0.25, -0.2) is 0 Å². The van der Waals surface area contributed by atoms with Crippen molar-refractivity contribution in [1.29, 1.82) is 0 Å². The third-order valence-electron chi connectivity index (χ3n) is 13.0. The van der Waals surface area contributed by atoms with Gasteiger partial charge in [-0.05, 0) is 116 Å². The first-order valence-corrected chi connectivity index (χ1v) is 14.0. The van der Waals surface area contributed by atoms with Gasteiger partial charge in [-0.3, -0.25) is 4.79 Å². The van der Waals surface area contributed by atoms with Gasteiger partial charge in [0.15, 0.2) is 0 Å². The molecule has 0 radical (unpaired) electrons.